The summed E-state index contributed by atoms with van der Waals surface area (Å²) in [6.07, 6.45) is 44.0. The van der Waals surface area contributed by atoms with Crippen LogP contribution >= 0.6 is 33.2 Å². The summed E-state index contributed by atoms with van der Waals surface area (Å²) in [6, 6.07) is -1.55. The molecule has 0 rings (SSSR count). The predicted molar refractivity (Wildman–Crippen MR) is 188 cm³/mol. The molecule has 0 aromatic carbocycles. The summed E-state index contributed by atoms with van der Waals surface area (Å²) in [5, 5.41) is 8.63. The maximum absolute atomic E-state index is 10.5. The molecule has 0 radical (unpaired) electrons. The minimum Gasteiger partial charge on any atom is -0.481 e. The van der Waals surface area contributed by atoms with Crippen molar-refractivity contribution in [3.8, 4) is 0 Å². The molecule has 41 heavy (non-hydrogen) atoms. The number of halogens is 3. The average Bonchev–Trinajstić information content (AvgIpc) is 2.92. The van der Waals surface area contributed by atoms with E-state index >= 15 is 0 Å². The van der Waals surface area contributed by atoms with Crippen LogP contribution in [0.3, 0.4) is 0 Å². The number of aliphatic carboxylic acids is 1. The molecule has 0 aliphatic rings. The van der Waals surface area contributed by atoms with Gasteiger partial charge in [0.15, 0.2) is 0 Å². The van der Waals surface area contributed by atoms with Crippen molar-refractivity contribution in [1.82, 2.24) is 0 Å². The highest BCUT2D eigenvalue weighted by Gasteiger charge is 2.23. The predicted octanol–water partition coefficient (Wildman–Crippen LogP) is 14.6. The van der Waals surface area contributed by atoms with Crippen LogP contribution in [0.25, 0.3) is 0 Å². The first-order chi connectivity index (χ1) is 19.9. The number of rotatable bonds is 35. The highest BCUT2D eigenvalue weighted by molar-refractivity contribution is 7.64. The molecule has 0 aromatic heterocycles. The van der Waals surface area contributed by atoms with Gasteiger partial charge in [0.05, 0.1) is 0 Å². The summed E-state index contributed by atoms with van der Waals surface area (Å²) in [7, 11) is 0. The molecule has 0 aliphatic heterocycles. The normalized spacial score (nSPS) is 11.9. The van der Waals surface area contributed by atoms with Gasteiger partial charge in [-0.05, 0) is 12.5 Å². The first-order valence-corrected chi connectivity index (χ1v) is 23.4. The lowest BCUT2D eigenvalue weighted by Gasteiger charge is -2.07. The van der Waals surface area contributed by atoms with E-state index in [0.717, 1.165) is 25.3 Å². The van der Waals surface area contributed by atoms with Crippen LogP contribution in [0.15, 0.2) is 0 Å². The van der Waals surface area contributed by atoms with Crippen molar-refractivity contribution in [1.29, 1.82) is 0 Å². The molecule has 0 heterocycles. The van der Waals surface area contributed by atoms with Gasteiger partial charge in [-0.15, -0.1) is 33.2 Å². The number of hydrogen-bond acceptors (Lipinski definition) is 1. The van der Waals surface area contributed by atoms with Crippen molar-refractivity contribution < 1.29 is 9.90 Å². The summed E-state index contributed by atoms with van der Waals surface area (Å²) in [5.74, 6) is -0.652. The molecule has 0 saturated heterocycles. The smallest absolute Gasteiger partial charge is 0.341 e. The summed E-state index contributed by atoms with van der Waals surface area (Å²) in [5.41, 5.74) is 0. The van der Waals surface area contributed by atoms with Crippen LogP contribution in [-0.2, 0) is 4.79 Å². The van der Waals surface area contributed by atoms with Crippen molar-refractivity contribution in [2.75, 3.05) is 0 Å². The molecule has 0 fully saturated rings. The second-order valence-corrected chi connectivity index (χ2v) is 22.1. The van der Waals surface area contributed by atoms with Gasteiger partial charge in [-0.25, -0.2) is 0 Å². The molecule has 0 saturated carbocycles. The van der Waals surface area contributed by atoms with E-state index in [0.29, 0.717) is 6.42 Å². The quantitative estimate of drug-likeness (QED) is 0.0419. The van der Waals surface area contributed by atoms with Crippen LogP contribution < -0.4 is 0 Å². The average molecular weight is 656 g/mol. The summed E-state index contributed by atoms with van der Waals surface area (Å²) < 4.78 is 0. The fourth-order valence-electron chi connectivity index (χ4n) is 5.90. The summed E-state index contributed by atoms with van der Waals surface area (Å²) in [6.45, 7) is 0. The minimum atomic E-state index is -2.37. The molecule has 0 atom stereocenters. The Hall–Kier alpha value is 0.557. The molecule has 2 nitrogen and oxygen atoms in total. The fourth-order valence-corrected chi connectivity index (χ4v) is 7.76. The second kappa shape index (κ2) is 33.4. The SMILES string of the molecule is O=C(O)CCCCCCCCCCCCCCCCCCCCCCCCCCCCCCCCCC[Si](Cl)(Cl)Cl. The summed E-state index contributed by atoms with van der Waals surface area (Å²) in [4.78, 5) is 10.5. The van der Waals surface area contributed by atoms with Crippen LogP contribution in [0, 0.1) is 0 Å². The topological polar surface area (TPSA) is 37.3 Å². The van der Waals surface area contributed by atoms with Crippen LogP contribution in [0.4, 0.5) is 0 Å². The number of unbranched alkanes of at least 4 members (excludes halogenated alkanes) is 31. The third-order valence-corrected chi connectivity index (χ3v) is 11.2. The monoisotopic (exact) mass is 654 g/mol. The van der Waals surface area contributed by atoms with Gasteiger partial charge in [-0.2, -0.15) is 0 Å². The number of hydrogen-bond donors (Lipinski definition) is 1. The molecular formula is C35H69Cl3O2Si. The van der Waals surface area contributed by atoms with Gasteiger partial charge in [-0.1, -0.05) is 199 Å². The molecule has 0 amide bonds. The zero-order valence-corrected chi connectivity index (χ0v) is 30.3. The van der Waals surface area contributed by atoms with Gasteiger partial charge in [0, 0.05) is 6.42 Å². The van der Waals surface area contributed by atoms with Crippen molar-refractivity contribution in [3.05, 3.63) is 0 Å². The Morgan fingerprint density at radius 2 is 0.512 bits per heavy atom. The number of carboxylic acids is 1. The molecule has 0 bridgehead atoms. The largest absolute Gasteiger partial charge is 0.481 e. The molecule has 6 heteroatoms. The van der Waals surface area contributed by atoms with E-state index in [1.54, 1.807) is 0 Å². The van der Waals surface area contributed by atoms with Gasteiger partial charge in [0.1, 0.15) is 0 Å². The van der Waals surface area contributed by atoms with E-state index in [4.69, 9.17) is 38.3 Å². The molecule has 0 aromatic rings. The van der Waals surface area contributed by atoms with Crippen LogP contribution in [0.1, 0.15) is 212 Å². The van der Waals surface area contributed by atoms with Crippen molar-refractivity contribution in [2.24, 2.45) is 0 Å². The van der Waals surface area contributed by atoms with Crippen molar-refractivity contribution in [3.63, 3.8) is 0 Å². The van der Waals surface area contributed by atoms with Crippen LogP contribution in [0.2, 0.25) is 6.04 Å². The first-order valence-electron chi connectivity index (χ1n) is 18.2. The molecule has 246 valence electrons. The van der Waals surface area contributed by atoms with E-state index in [2.05, 4.69) is 0 Å². The molecule has 0 spiro atoms. The van der Waals surface area contributed by atoms with Gasteiger partial charge in [-0.3, -0.25) is 4.79 Å². The zero-order chi connectivity index (χ0) is 30.1. The Bertz CT molecular complexity index is 528. The lowest BCUT2D eigenvalue weighted by atomic mass is 10.0. The van der Waals surface area contributed by atoms with Gasteiger partial charge in [0.25, 0.3) is 0 Å². The lowest BCUT2D eigenvalue weighted by molar-refractivity contribution is -0.137. The van der Waals surface area contributed by atoms with Crippen molar-refractivity contribution >= 4 is 45.2 Å². The van der Waals surface area contributed by atoms with Crippen molar-refractivity contribution in [2.45, 2.75) is 218 Å². The van der Waals surface area contributed by atoms with Gasteiger partial charge >= 0.3 is 12.0 Å². The second-order valence-electron chi connectivity index (χ2n) is 12.8. The highest BCUT2D eigenvalue weighted by Crippen LogP contribution is 2.27. The number of carboxylic acid groups (broad SMARTS) is 1. The zero-order valence-electron chi connectivity index (χ0n) is 27.0. The van der Waals surface area contributed by atoms with Gasteiger partial charge < -0.3 is 5.11 Å². The Morgan fingerprint density at radius 3 is 0.683 bits per heavy atom. The standard InChI is InChI=1S/C35H69Cl3O2Si/c36-41(37,38)34-32-30-28-26-24-22-20-18-16-14-12-10-8-6-4-2-1-3-5-7-9-11-13-15-17-19-21-23-25-27-29-31-33-35(39)40/h1-34H2,(H,39,40). The van der Waals surface area contributed by atoms with E-state index in [9.17, 15) is 4.79 Å². The molecule has 0 aliphatic carbocycles. The van der Waals surface area contributed by atoms with E-state index in [1.165, 1.54) is 186 Å². The highest BCUT2D eigenvalue weighted by atomic mass is 35.8. The first kappa shape index (κ1) is 41.6. The van der Waals surface area contributed by atoms with Crippen LogP contribution in [-0.4, -0.2) is 17.1 Å². The van der Waals surface area contributed by atoms with E-state index < -0.39 is 12.0 Å². The Morgan fingerprint density at radius 1 is 0.341 bits per heavy atom. The Balaban J connectivity index is 3.05. The van der Waals surface area contributed by atoms with E-state index in [1.807, 2.05) is 0 Å². The fraction of sp³-hybridized carbons (Fsp3) is 0.971. The maximum Gasteiger partial charge on any atom is 0.341 e. The van der Waals surface area contributed by atoms with E-state index in [-0.39, 0.29) is 0 Å². The molecule has 0 unspecified atom stereocenters. The summed E-state index contributed by atoms with van der Waals surface area (Å²) >= 11 is 17.8. The minimum absolute atomic E-state index is 0.342. The molecule has 1 N–H and O–H groups in total. The third-order valence-electron chi connectivity index (χ3n) is 8.60. The Labute approximate surface area is 272 Å². The third kappa shape index (κ3) is 40.6. The molecular weight excluding hydrogens is 587 g/mol. The maximum atomic E-state index is 10.5. The number of carbonyl (C=O) groups is 1. The lowest BCUT2D eigenvalue weighted by Crippen LogP contribution is -2.07. The van der Waals surface area contributed by atoms with Gasteiger partial charge in [0.2, 0.25) is 0 Å². The van der Waals surface area contributed by atoms with Crippen LogP contribution in [0.5, 0.6) is 0 Å². The Kier molecular flexibility index (Phi) is 33.9.